The van der Waals surface area contributed by atoms with Gasteiger partial charge in [0.2, 0.25) is 5.76 Å². The molecule has 0 saturated heterocycles. The van der Waals surface area contributed by atoms with Gasteiger partial charge in [-0.05, 0) is 32.0 Å². The summed E-state index contributed by atoms with van der Waals surface area (Å²) in [6.07, 6.45) is -3.17. The van der Waals surface area contributed by atoms with E-state index in [0.29, 0.717) is 27.9 Å². The van der Waals surface area contributed by atoms with Crippen LogP contribution in [-0.4, -0.2) is 40.8 Å². The number of nitrogens with zero attached hydrogens (tertiary/aromatic N) is 6. The SMILES string of the molecule is Cc1nn(C)c2ncnc(C(=O)N[C@H](C)c3cc(-c4nc5ccc(C(F)(F)F)cc5[nH]4)on3)c12. The topological polar surface area (TPSA) is 127 Å². The van der Waals surface area contributed by atoms with Gasteiger partial charge in [-0.3, -0.25) is 9.48 Å². The van der Waals surface area contributed by atoms with Crippen molar-refractivity contribution in [1.29, 1.82) is 0 Å². The highest BCUT2D eigenvalue weighted by Crippen LogP contribution is 2.32. The molecular formula is C21H17F3N8O2. The van der Waals surface area contributed by atoms with E-state index in [1.807, 2.05) is 0 Å². The van der Waals surface area contributed by atoms with Crippen molar-refractivity contribution >= 4 is 28.0 Å². The fourth-order valence-electron chi connectivity index (χ4n) is 3.70. The van der Waals surface area contributed by atoms with Gasteiger partial charge in [-0.1, -0.05) is 5.16 Å². The van der Waals surface area contributed by atoms with Gasteiger partial charge >= 0.3 is 6.18 Å². The monoisotopic (exact) mass is 470 g/mol. The molecule has 0 fully saturated rings. The highest BCUT2D eigenvalue weighted by molar-refractivity contribution is 6.04. The van der Waals surface area contributed by atoms with Gasteiger partial charge in [-0.25, -0.2) is 15.0 Å². The molecule has 10 nitrogen and oxygen atoms in total. The van der Waals surface area contributed by atoms with Gasteiger partial charge in [-0.2, -0.15) is 18.3 Å². The molecule has 0 aliphatic heterocycles. The number of halogens is 3. The van der Waals surface area contributed by atoms with Crippen LogP contribution < -0.4 is 5.32 Å². The Morgan fingerprint density at radius 2 is 2.03 bits per heavy atom. The molecule has 4 heterocycles. The van der Waals surface area contributed by atoms with Gasteiger partial charge in [0.05, 0.1) is 33.7 Å². The molecule has 0 bridgehead atoms. The largest absolute Gasteiger partial charge is 0.416 e. The minimum Gasteiger partial charge on any atom is -0.353 e. The van der Waals surface area contributed by atoms with Crippen LogP contribution in [0.5, 0.6) is 0 Å². The zero-order chi connectivity index (χ0) is 24.2. The standard InChI is InChI=1S/C21H17F3N8O2/c1-9(27-20(33)17-16-10(2)30-32(3)19(16)26-8-25-17)13-7-15(34-31-13)18-28-12-5-4-11(21(22,23)24)6-14(12)29-18/h4-9H,1-3H3,(H,27,33)(H,28,29)/t9-/m1/s1. The molecule has 1 aromatic carbocycles. The van der Waals surface area contributed by atoms with Crippen molar-refractivity contribution in [2.45, 2.75) is 26.1 Å². The van der Waals surface area contributed by atoms with Crippen LogP contribution in [0.2, 0.25) is 0 Å². The Morgan fingerprint density at radius 1 is 1.24 bits per heavy atom. The average molecular weight is 470 g/mol. The van der Waals surface area contributed by atoms with E-state index in [2.05, 4.69) is 35.5 Å². The first-order valence-electron chi connectivity index (χ1n) is 10.1. The number of benzene rings is 1. The van der Waals surface area contributed by atoms with E-state index in [1.54, 1.807) is 31.6 Å². The van der Waals surface area contributed by atoms with E-state index in [-0.39, 0.29) is 22.8 Å². The van der Waals surface area contributed by atoms with Crippen LogP contribution in [-0.2, 0) is 13.2 Å². The summed E-state index contributed by atoms with van der Waals surface area (Å²) in [6.45, 7) is 3.48. The quantitative estimate of drug-likeness (QED) is 0.410. The van der Waals surface area contributed by atoms with Gasteiger partial charge in [0, 0.05) is 13.1 Å². The molecule has 1 atom stereocenters. The Balaban J connectivity index is 1.38. The van der Waals surface area contributed by atoms with Crippen LogP contribution in [0.15, 0.2) is 35.1 Å². The Kier molecular flexibility index (Phi) is 4.84. The summed E-state index contributed by atoms with van der Waals surface area (Å²) in [5.74, 6) is -0.00699. The Labute approximate surface area is 189 Å². The third-order valence-corrected chi connectivity index (χ3v) is 5.37. The first kappa shape index (κ1) is 21.6. The van der Waals surface area contributed by atoms with Gasteiger partial charge in [0.1, 0.15) is 17.7 Å². The second kappa shape index (κ2) is 7.64. The van der Waals surface area contributed by atoms with Crippen LogP contribution in [0.4, 0.5) is 13.2 Å². The van der Waals surface area contributed by atoms with Gasteiger partial charge in [0.15, 0.2) is 11.5 Å². The summed E-state index contributed by atoms with van der Waals surface area (Å²) >= 11 is 0. The molecule has 34 heavy (non-hydrogen) atoms. The number of carbonyl (C=O) groups excluding carboxylic acids is 1. The molecule has 0 spiro atoms. The Bertz CT molecular complexity index is 1550. The highest BCUT2D eigenvalue weighted by atomic mass is 19.4. The van der Waals surface area contributed by atoms with E-state index in [0.717, 1.165) is 12.1 Å². The number of aromatic nitrogens is 7. The normalized spacial score (nSPS) is 13.0. The minimum atomic E-state index is -4.46. The summed E-state index contributed by atoms with van der Waals surface area (Å²) in [5.41, 5.74) is 1.51. The lowest BCUT2D eigenvalue weighted by Gasteiger charge is -2.10. The summed E-state index contributed by atoms with van der Waals surface area (Å²) in [4.78, 5) is 28.3. The molecule has 5 rings (SSSR count). The smallest absolute Gasteiger partial charge is 0.353 e. The Hall–Kier alpha value is -4.29. The van der Waals surface area contributed by atoms with Crippen LogP contribution in [0, 0.1) is 6.92 Å². The number of fused-ring (bicyclic) bond motifs is 2. The zero-order valence-corrected chi connectivity index (χ0v) is 18.1. The number of aromatic amines is 1. The lowest BCUT2D eigenvalue weighted by molar-refractivity contribution is -0.137. The Morgan fingerprint density at radius 3 is 2.79 bits per heavy atom. The van der Waals surface area contributed by atoms with Gasteiger partial charge in [-0.15, -0.1) is 0 Å². The molecule has 0 aliphatic rings. The summed E-state index contributed by atoms with van der Waals surface area (Å²) in [5, 5.41) is 11.6. The third-order valence-electron chi connectivity index (χ3n) is 5.37. The number of hydrogen-bond acceptors (Lipinski definition) is 7. The predicted molar refractivity (Wildman–Crippen MR) is 114 cm³/mol. The predicted octanol–water partition coefficient (Wildman–Crippen LogP) is 3.71. The van der Waals surface area contributed by atoms with E-state index in [4.69, 9.17) is 4.52 Å². The second-order valence-electron chi connectivity index (χ2n) is 7.76. The number of aryl methyl sites for hydroxylation is 2. The van der Waals surface area contributed by atoms with Crippen molar-refractivity contribution < 1.29 is 22.5 Å². The van der Waals surface area contributed by atoms with Gasteiger partial charge in [0.25, 0.3) is 5.91 Å². The lowest BCUT2D eigenvalue weighted by atomic mass is 10.2. The van der Waals surface area contributed by atoms with Crippen molar-refractivity contribution in [1.82, 2.24) is 40.2 Å². The van der Waals surface area contributed by atoms with E-state index in [9.17, 15) is 18.0 Å². The molecule has 2 N–H and O–H groups in total. The number of H-pyrrole nitrogens is 1. The molecule has 0 aliphatic carbocycles. The van der Waals surface area contributed by atoms with Crippen LogP contribution >= 0.6 is 0 Å². The second-order valence-corrected chi connectivity index (χ2v) is 7.76. The molecular weight excluding hydrogens is 453 g/mol. The molecule has 174 valence electrons. The fraction of sp³-hybridized carbons (Fsp3) is 0.238. The molecule has 0 radical (unpaired) electrons. The maximum Gasteiger partial charge on any atom is 0.416 e. The van der Waals surface area contributed by atoms with Crippen molar-refractivity contribution in [3.8, 4) is 11.6 Å². The van der Waals surface area contributed by atoms with Crippen molar-refractivity contribution in [2.24, 2.45) is 7.05 Å². The zero-order valence-electron chi connectivity index (χ0n) is 18.1. The third kappa shape index (κ3) is 3.64. The molecule has 13 heteroatoms. The first-order valence-corrected chi connectivity index (χ1v) is 10.1. The van der Waals surface area contributed by atoms with Crippen LogP contribution in [0.3, 0.4) is 0 Å². The summed E-state index contributed by atoms with van der Waals surface area (Å²) < 4.78 is 45.8. The number of alkyl halides is 3. The average Bonchev–Trinajstić information content (AvgIpc) is 3.50. The number of nitrogens with one attached hydrogen (secondary N) is 2. The van der Waals surface area contributed by atoms with Crippen molar-refractivity contribution in [3.05, 3.63) is 53.2 Å². The van der Waals surface area contributed by atoms with Crippen LogP contribution in [0.1, 0.15) is 40.4 Å². The number of amides is 1. The molecule has 0 saturated carbocycles. The molecule has 5 aromatic rings. The minimum absolute atomic E-state index is 0.184. The maximum absolute atomic E-state index is 13.0. The van der Waals surface area contributed by atoms with Gasteiger partial charge < -0.3 is 14.8 Å². The summed E-state index contributed by atoms with van der Waals surface area (Å²) in [6, 6.07) is 4.21. The first-order chi connectivity index (χ1) is 16.1. The van der Waals surface area contributed by atoms with E-state index >= 15 is 0 Å². The number of rotatable bonds is 4. The van der Waals surface area contributed by atoms with Crippen molar-refractivity contribution in [2.75, 3.05) is 0 Å². The number of imidazole rings is 1. The lowest BCUT2D eigenvalue weighted by Crippen LogP contribution is -2.28. The number of carbonyl (C=O) groups is 1. The van der Waals surface area contributed by atoms with Crippen molar-refractivity contribution in [3.63, 3.8) is 0 Å². The molecule has 4 aromatic heterocycles. The molecule has 1 amide bonds. The van der Waals surface area contributed by atoms with E-state index in [1.165, 1.54) is 12.4 Å². The van der Waals surface area contributed by atoms with Crippen LogP contribution in [0.25, 0.3) is 33.7 Å². The molecule has 0 unspecified atom stereocenters. The number of hydrogen-bond donors (Lipinski definition) is 2. The van der Waals surface area contributed by atoms with E-state index < -0.39 is 23.7 Å². The summed E-state index contributed by atoms with van der Waals surface area (Å²) in [7, 11) is 1.73. The fourth-order valence-corrected chi connectivity index (χ4v) is 3.70. The maximum atomic E-state index is 13.0. The highest BCUT2D eigenvalue weighted by Gasteiger charge is 2.31.